The largest absolute Gasteiger partial charge is 0.434 e. The molecule has 4 rings (SSSR count). The normalized spacial score (nSPS) is 47.9. The van der Waals surface area contributed by atoms with Crippen molar-refractivity contribution in [3.8, 4) is 0 Å². The molecule has 0 bridgehead atoms. The summed E-state index contributed by atoms with van der Waals surface area (Å²) in [5.41, 5.74) is 1.19. The molecule has 4 heteroatoms. The molecule has 0 amide bonds. The number of ether oxygens (including phenoxy) is 2. The molecule has 150 valence electrons. The zero-order chi connectivity index (χ0) is 19.4. The molecule has 4 nitrogen and oxygen atoms in total. The predicted octanol–water partition coefficient (Wildman–Crippen LogP) is 4.67. The molecule has 0 N–H and O–H groups in total. The van der Waals surface area contributed by atoms with Crippen LogP contribution in [0.3, 0.4) is 0 Å². The average molecular weight is 375 g/mol. The molecule has 0 aromatic rings. The van der Waals surface area contributed by atoms with Crippen LogP contribution in [0.15, 0.2) is 11.8 Å². The minimum absolute atomic E-state index is 0.148. The van der Waals surface area contributed by atoms with Gasteiger partial charge in [-0.2, -0.15) is 0 Å². The maximum Gasteiger partial charge on any atom is 0.307 e. The van der Waals surface area contributed by atoms with Crippen molar-refractivity contribution in [2.75, 3.05) is 7.11 Å². The summed E-state index contributed by atoms with van der Waals surface area (Å²) in [5, 5.41) is 0. The number of hydrogen-bond acceptors (Lipinski definition) is 4. The van der Waals surface area contributed by atoms with Crippen LogP contribution in [0.25, 0.3) is 0 Å². The van der Waals surface area contributed by atoms with Crippen molar-refractivity contribution in [3.05, 3.63) is 11.8 Å². The molecular weight excluding hydrogens is 340 g/mol. The summed E-state index contributed by atoms with van der Waals surface area (Å²) >= 11 is 0. The van der Waals surface area contributed by atoms with E-state index in [-0.39, 0.29) is 17.2 Å². The number of fused-ring (bicyclic) bond motifs is 5. The summed E-state index contributed by atoms with van der Waals surface area (Å²) < 4.78 is 11.0. The summed E-state index contributed by atoms with van der Waals surface area (Å²) in [5.74, 6) is 2.46. The average Bonchev–Trinajstić information content (AvgIpc) is 2.96. The van der Waals surface area contributed by atoms with Gasteiger partial charge < -0.3 is 9.47 Å². The molecule has 0 aromatic carbocycles. The minimum atomic E-state index is -0.353. The third-order valence-corrected chi connectivity index (χ3v) is 8.99. The lowest BCUT2D eigenvalue weighted by molar-refractivity contribution is -0.138. The molecule has 4 saturated carbocycles. The molecule has 0 unspecified atom stereocenters. The van der Waals surface area contributed by atoms with Gasteiger partial charge in [-0.05, 0) is 79.4 Å². The molecule has 4 fully saturated rings. The van der Waals surface area contributed by atoms with E-state index < -0.39 is 0 Å². The van der Waals surface area contributed by atoms with Crippen LogP contribution in [0.5, 0.6) is 0 Å². The highest BCUT2D eigenvalue weighted by Gasteiger charge is 2.60. The Kier molecular flexibility index (Phi) is 4.77. The van der Waals surface area contributed by atoms with Crippen LogP contribution in [0.1, 0.15) is 72.1 Å². The Labute approximate surface area is 163 Å². The van der Waals surface area contributed by atoms with Crippen LogP contribution in [0, 0.1) is 34.5 Å². The second kappa shape index (κ2) is 6.72. The van der Waals surface area contributed by atoms with E-state index in [2.05, 4.69) is 13.8 Å². The van der Waals surface area contributed by atoms with Crippen molar-refractivity contribution in [1.29, 1.82) is 0 Å². The molecule has 0 spiro atoms. The lowest BCUT2D eigenvalue weighted by Gasteiger charge is -2.60. The molecule has 27 heavy (non-hydrogen) atoms. The van der Waals surface area contributed by atoms with Crippen LogP contribution in [0.2, 0.25) is 0 Å². The number of methoxy groups -OCH3 is 1. The van der Waals surface area contributed by atoms with Gasteiger partial charge in [0.05, 0.1) is 6.10 Å². The molecule has 0 heterocycles. The Bertz CT molecular complexity index is 667. The van der Waals surface area contributed by atoms with Crippen molar-refractivity contribution in [1.82, 2.24) is 0 Å². The first-order chi connectivity index (χ1) is 12.8. The Morgan fingerprint density at radius 2 is 1.81 bits per heavy atom. The Hall–Kier alpha value is -1.16. The molecule has 4 aliphatic carbocycles. The van der Waals surface area contributed by atoms with Crippen LogP contribution in [-0.4, -0.2) is 25.0 Å². The van der Waals surface area contributed by atoms with Crippen LogP contribution < -0.4 is 0 Å². The lowest BCUT2D eigenvalue weighted by atomic mass is 9.45. The molecule has 0 aliphatic heterocycles. The first kappa shape index (κ1) is 19.2. The highest BCUT2D eigenvalue weighted by Crippen LogP contribution is 2.66. The quantitative estimate of drug-likeness (QED) is 0.400. The SMILES string of the molecule is CO[C@H]1CC[C@H]2[C@@H]3CC[C@H]4CC(=O)C(=COC(C)=O)C[C@]4(C)[C@H]3CC[C@]12C. The summed E-state index contributed by atoms with van der Waals surface area (Å²) in [6.45, 7) is 6.26. The highest BCUT2D eigenvalue weighted by atomic mass is 16.5. The van der Waals surface area contributed by atoms with Gasteiger partial charge in [0.25, 0.3) is 0 Å². The van der Waals surface area contributed by atoms with E-state index in [1.165, 1.54) is 45.3 Å². The monoisotopic (exact) mass is 374 g/mol. The topological polar surface area (TPSA) is 52.6 Å². The van der Waals surface area contributed by atoms with Gasteiger partial charge >= 0.3 is 5.97 Å². The van der Waals surface area contributed by atoms with E-state index >= 15 is 0 Å². The number of ketones is 1. The smallest absolute Gasteiger partial charge is 0.307 e. The maximum absolute atomic E-state index is 12.6. The summed E-state index contributed by atoms with van der Waals surface area (Å²) in [4.78, 5) is 23.8. The Balaban J connectivity index is 1.61. The standard InChI is InChI=1S/C23H34O4/c1-14(24)27-13-15-12-23(3)16(11-20(15)25)5-6-17-18-7-8-21(26-4)22(18,2)10-9-19(17)23/h13,16-19,21H,5-12H2,1-4H3/t16-,17-,18-,19-,21-,22-,23-/m0/s1. The van der Waals surface area contributed by atoms with Crippen LogP contribution in [0.4, 0.5) is 0 Å². The lowest BCUT2D eigenvalue weighted by Crippen LogP contribution is -2.54. The minimum Gasteiger partial charge on any atom is -0.434 e. The first-order valence-corrected chi connectivity index (χ1v) is 10.7. The molecule has 0 saturated heterocycles. The number of Topliss-reactive ketones (excluding diaryl/α,β-unsaturated/α-hetero) is 1. The third-order valence-electron chi connectivity index (χ3n) is 8.99. The van der Waals surface area contributed by atoms with E-state index in [9.17, 15) is 9.59 Å². The molecule has 0 radical (unpaired) electrons. The third kappa shape index (κ3) is 2.90. The van der Waals surface area contributed by atoms with Gasteiger partial charge in [-0.15, -0.1) is 0 Å². The molecule has 0 aromatic heterocycles. The van der Waals surface area contributed by atoms with E-state index in [0.29, 0.717) is 29.8 Å². The fourth-order valence-electron chi connectivity index (χ4n) is 7.61. The van der Waals surface area contributed by atoms with Gasteiger partial charge in [0.2, 0.25) is 0 Å². The second-order valence-corrected chi connectivity index (χ2v) is 10.1. The fraction of sp³-hybridized carbons (Fsp3) is 0.826. The van der Waals surface area contributed by atoms with Crippen molar-refractivity contribution in [3.63, 3.8) is 0 Å². The number of hydrogen-bond donors (Lipinski definition) is 0. The fourth-order valence-corrected chi connectivity index (χ4v) is 7.61. The highest BCUT2D eigenvalue weighted by molar-refractivity contribution is 5.96. The number of carbonyl (C=O) groups excluding carboxylic acids is 2. The van der Waals surface area contributed by atoms with Crippen molar-refractivity contribution in [2.45, 2.75) is 78.2 Å². The van der Waals surface area contributed by atoms with Gasteiger partial charge in [-0.25, -0.2) is 0 Å². The Morgan fingerprint density at radius 1 is 1.07 bits per heavy atom. The van der Waals surface area contributed by atoms with Crippen LogP contribution in [-0.2, 0) is 19.1 Å². The van der Waals surface area contributed by atoms with Gasteiger partial charge in [0.15, 0.2) is 5.78 Å². The van der Waals surface area contributed by atoms with Crippen molar-refractivity contribution >= 4 is 11.8 Å². The molecule has 4 aliphatic rings. The van der Waals surface area contributed by atoms with Crippen LogP contribution >= 0.6 is 0 Å². The van der Waals surface area contributed by atoms with E-state index in [1.54, 1.807) is 0 Å². The first-order valence-electron chi connectivity index (χ1n) is 10.7. The molecule has 7 atom stereocenters. The van der Waals surface area contributed by atoms with Gasteiger partial charge in [-0.1, -0.05) is 13.8 Å². The number of carbonyl (C=O) groups is 2. The van der Waals surface area contributed by atoms with Crippen molar-refractivity contribution in [2.24, 2.45) is 34.5 Å². The Morgan fingerprint density at radius 3 is 2.52 bits per heavy atom. The second-order valence-electron chi connectivity index (χ2n) is 10.1. The van der Waals surface area contributed by atoms with Gasteiger partial charge in [0, 0.05) is 26.0 Å². The summed E-state index contributed by atoms with van der Waals surface area (Å²) in [6, 6.07) is 0. The van der Waals surface area contributed by atoms with Gasteiger partial charge in [0.1, 0.15) is 6.26 Å². The number of allylic oxidation sites excluding steroid dienone is 1. The maximum atomic E-state index is 12.6. The van der Waals surface area contributed by atoms with E-state index in [1.807, 2.05) is 7.11 Å². The summed E-state index contributed by atoms with van der Waals surface area (Å²) in [7, 11) is 1.88. The number of rotatable bonds is 2. The molecular formula is C23H34O4. The van der Waals surface area contributed by atoms with Crippen molar-refractivity contribution < 1.29 is 19.1 Å². The van der Waals surface area contributed by atoms with Gasteiger partial charge in [-0.3, -0.25) is 9.59 Å². The zero-order valence-electron chi connectivity index (χ0n) is 17.3. The van der Waals surface area contributed by atoms with E-state index in [4.69, 9.17) is 9.47 Å². The predicted molar refractivity (Wildman–Crippen MR) is 103 cm³/mol. The number of esters is 1. The zero-order valence-corrected chi connectivity index (χ0v) is 17.3. The summed E-state index contributed by atoms with van der Waals surface area (Å²) in [6.07, 6.45) is 10.6. The van der Waals surface area contributed by atoms with E-state index in [0.717, 1.165) is 30.3 Å².